The van der Waals surface area contributed by atoms with Gasteiger partial charge in [-0.3, -0.25) is 0 Å². The van der Waals surface area contributed by atoms with Crippen molar-refractivity contribution in [2.45, 2.75) is 38.5 Å². The normalized spacial score (nSPS) is 10.5. The number of halogens is 5. The number of hydrogen-bond donors (Lipinski definition) is 0. The van der Waals surface area contributed by atoms with Crippen molar-refractivity contribution in [1.29, 1.82) is 0 Å². The largest absolute Gasteiger partial charge is 0.490 e. The van der Waals surface area contributed by atoms with Crippen molar-refractivity contribution >= 4 is 62.3 Å². The predicted molar refractivity (Wildman–Crippen MR) is 109 cm³/mol. The lowest BCUT2D eigenvalue weighted by molar-refractivity contribution is 0.303. The van der Waals surface area contributed by atoms with Crippen LogP contribution in [0.15, 0.2) is 22.7 Å². The standard InChI is InChI=1S/C17H21BrCl4O2/c18-8-5-3-1-2-4-6-9-24-17-14(19)11-13(12-15(17)20)23-10-7-16(21)22/h7,11-12H,1-6,8-10H2. The summed E-state index contributed by atoms with van der Waals surface area (Å²) in [5, 5.41) is 1.94. The van der Waals surface area contributed by atoms with Gasteiger partial charge in [0.05, 0.1) is 16.7 Å². The summed E-state index contributed by atoms with van der Waals surface area (Å²) in [5.41, 5.74) is 0. The lowest BCUT2D eigenvalue weighted by Gasteiger charge is -2.12. The van der Waals surface area contributed by atoms with Crippen molar-refractivity contribution in [2.75, 3.05) is 18.5 Å². The van der Waals surface area contributed by atoms with Crippen molar-refractivity contribution < 1.29 is 9.47 Å². The molecule has 0 aliphatic carbocycles. The van der Waals surface area contributed by atoms with E-state index in [1.54, 1.807) is 12.1 Å². The van der Waals surface area contributed by atoms with Crippen LogP contribution in [-0.2, 0) is 0 Å². The Kier molecular flexibility index (Phi) is 12.4. The van der Waals surface area contributed by atoms with Gasteiger partial charge in [-0.2, -0.15) is 0 Å². The van der Waals surface area contributed by atoms with Crippen LogP contribution in [0.3, 0.4) is 0 Å². The van der Waals surface area contributed by atoms with Gasteiger partial charge in [0.2, 0.25) is 0 Å². The molecule has 136 valence electrons. The van der Waals surface area contributed by atoms with E-state index >= 15 is 0 Å². The number of unbranched alkanes of at least 4 members (excludes halogenated alkanes) is 5. The van der Waals surface area contributed by atoms with Crippen LogP contribution in [0.1, 0.15) is 38.5 Å². The van der Waals surface area contributed by atoms with Gasteiger partial charge in [-0.25, -0.2) is 0 Å². The molecule has 0 bridgehead atoms. The van der Waals surface area contributed by atoms with Gasteiger partial charge < -0.3 is 9.47 Å². The fourth-order valence-electron chi connectivity index (χ4n) is 2.04. The van der Waals surface area contributed by atoms with E-state index in [0.717, 1.165) is 18.2 Å². The van der Waals surface area contributed by atoms with E-state index < -0.39 is 0 Å². The lowest BCUT2D eigenvalue weighted by Crippen LogP contribution is -2.00. The molecule has 1 rings (SSSR count). The zero-order valence-electron chi connectivity index (χ0n) is 13.3. The summed E-state index contributed by atoms with van der Waals surface area (Å²) in [6.07, 6.45) is 8.66. The highest BCUT2D eigenvalue weighted by atomic mass is 79.9. The van der Waals surface area contributed by atoms with Crippen LogP contribution in [0.25, 0.3) is 0 Å². The van der Waals surface area contributed by atoms with E-state index in [1.807, 2.05) is 0 Å². The minimum atomic E-state index is 0.152. The molecule has 7 heteroatoms. The number of benzene rings is 1. The van der Waals surface area contributed by atoms with Gasteiger partial charge in [0.1, 0.15) is 16.8 Å². The highest BCUT2D eigenvalue weighted by Gasteiger charge is 2.10. The molecule has 0 fully saturated rings. The second-order valence-corrected chi connectivity index (χ2v) is 7.79. The molecule has 0 heterocycles. The first-order valence-electron chi connectivity index (χ1n) is 7.86. The van der Waals surface area contributed by atoms with Gasteiger partial charge in [-0.05, 0) is 18.9 Å². The first-order valence-corrected chi connectivity index (χ1v) is 10.5. The van der Waals surface area contributed by atoms with Gasteiger partial charge in [0.15, 0.2) is 5.75 Å². The average Bonchev–Trinajstić information content (AvgIpc) is 2.51. The molecule has 0 radical (unpaired) electrons. The number of alkyl halides is 1. The zero-order valence-corrected chi connectivity index (χ0v) is 17.9. The third-order valence-electron chi connectivity index (χ3n) is 3.23. The highest BCUT2D eigenvalue weighted by Crippen LogP contribution is 2.37. The number of rotatable bonds is 12. The first-order chi connectivity index (χ1) is 11.5. The Morgan fingerprint density at radius 1 is 0.917 bits per heavy atom. The topological polar surface area (TPSA) is 18.5 Å². The van der Waals surface area contributed by atoms with Crippen LogP contribution in [-0.4, -0.2) is 18.5 Å². The molecule has 0 saturated carbocycles. The highest BCUT2D eigenvalue weighted by molar-refractivity contribution is 9.09. The Labute approximate surface area is 172 Å². The van der Waals surface area contributed by atoms with E-state index in [1.165, 1.54) is 31.8 Å². The van der Waals surface area contributed by atoms with E-state index in [0.29, 0.717) is 28.2 Å². The van der Waals surface area contributed by atoms with Crippen LogP contribution in [0, 0.1) is 0 Å². The van der Waals surface area contributed by atoms with Crippen molar-refractivity contribution in [3.8, 4) is 11.5 Å². The average molecular weight is 479 g/mol. The Morgan fingerprint density at radius 3 is 2.08 bits per heavy atom. The van der Waals surface area contributed by atoms with Crippen molar-refractivity contribution in [3.05, 3.63) is 32.7 Å². The summed E-state index contributed by atoms with van der Waals surface area (Å²) in [7, 11) is 0. The zero-order chi connectivity index (χ0) is 17.8. The number of ether oxygens (including phenoxy) is 2. The first kappa shape index (κ1) is 22.2. The quantitative estimate of drug-likeness (QED) is 0.225. The summed E-state index contributed by atoms with van der Waals surface area (Å²) < 4.78 is 11.3. The van der Waals surface area contributed by atoms with Crippen molar-refractivity contribution in [1.82, 2.24) is 0 Å². The van der Waals surface area contributed by atoms with Gasteiger partial charge in [0, 0.05) is 17.5 Å². The SMILES string of the molecule is ClC(Cl)=CCOc1cc(Cl)c(OCCCCCCCCBr)c(Cl)c1. The Hall–Kier alpha value is 0.200. The molecule has 0 aromatic heterocycles. The molecule has 0 aliphatic heterocycles. The minimum absolute atomic E-state index is 0.152. The fourth-order valence-corrected chi connectivity index (χ4v) is 3.14. The Bertz CT molecular complexity index is 496. The van der Waals surface area contributed by atoms with Gasteiger partial charge >= 0.3 is 0 Å². The molecule has 0 atom stereocenters. The molecule has 0 saturated heterocycles. The summed E-state index contributed by atoms with van der Waals surface area (Å²) >= 11 is 26.9. The molecule has 0 amide bonds. The maximum absolute atomic E-state index is 6.21. The second kappa shape index (κ2) is 13.4. The molecule has 1 aromatic carbocycles. The van der Waals surface area contributed by atoms with E-state index in [9.17, 15) is 0 Å². The van der Waals surface area contributed by atoms with Crippen LogP contribution in [0.5, 0.6) is 11.5 Å². The number of hydrogen-bond acceptors (Lipinski definition) is 2. The third kappa shape index (κ3) is 9.62. The summed E-state index contributed by atoms with van der Waals surface area (Å²) in [6, 6.07) is 3.33. The van der Waals surface area contributed by atoms with Crippen LogP contribution >= 0.6 is 62.3 Å². The van der Waals surface area contributed by atoms with Crippen molar-refractivity contribution in [3.63, 3.8) is 0 Å². The Balaban J connectivity index is 2.36. The summed E-state index contributed by atoms with van der Waals surface area (Å²) in [4.78, 5) is 0. The molecular weight excluding hydrogens is 458 g/mol. The second-order valence-electron chi connectivity index (χ2n) is 5.18. The lowest BCUT2D eigenvalue weighted by atomic mass is 10.1. The smallest absolute Gasteiger partial charge is 0.156 e. The molecule has 2 nitrogen and oxygen atoms in total. The third-order valence-corrected chi connectivity index (χ3v) is 4.66. The molecule has 24 heavy (non-hydrogen) atoms. The molecule has 0 aliphatic rings. The Morgan fingerprint density at radius 2 is 1.50 bits per heavy atom. The van der Waals surface area contributed by atoms with Crippen LogP contribution in [0.4, 0.5) is 0 Å². The van der Waals surface area contributed by atoms with E-state index in [4.69, 9.17) is 55.9 Å². The van der Waals surface area contributed by atoms with Crippen LogP contribution < -0.4 is 9.47 Å². The van der Waals surface area contributed by atoms with Crippen molar-refractivity contribution in [2.24, 2.45) is 0 Å². The summed E-state index contributed by atoms with van der Waals surface area (Å²) in [6.45, 7) is 0.840. The predicted octanol–water partition coefficient (Wildman–Crippen LogP) is 7.81. The minimum Gasteiger partial charge on any atom is -0.490 e. The van der Waals surface area contributed by atoms with E-state index in [2.05, 4.69) is 15.9 Å². The van der Waals surface area contributed by atoms with E-state index in [-0.39, 0.29) is 11.1 Å². The molecule has 0 unspecified atom stereocenters. The maximum atomic E-state index is 6.21. The fraction of sp³-hybridized carbons (Fsp3) is 0.529. The van der Waals surface area contributed by atoms with Gasteiger partial charge in [0.25, 0.3) is 0 Å². The monoisotopic (exact) mass is 476 g/mol. The summed E-state index contributed by atoms with van der Waals surface area (Å²) in [5.74, 6) is 1.03. The van der Waals surface area contributed by atoms with Gasteiger partial charge in [-0.15, -0.1) is 0 Å². The molecular formula is C17H21BrCl4O2. The maximum Gasteiger partial charge on any atom is 0.156 e. The van der Waals surface area contributed by atoms with Gasteiger partial charge in [-0.1, -0.05) is 88.0 Å². The molecule has 0 spiro atoms. The molecule has 1 aromatic rings. The molecule has 0 N–H and O–H groups in total. The van der Waals surface area contributed by atoms with Crippen LogP contribution in [0.2, 0.25) is 10.0 Å².